The van der Waals surface area contributed by atoms with Crippen LogP contribution in [0.25, 0.3) is 0 Å². The maximum absolute atomic E-state index is 12.1. The SMILES string of the molecule is CNCCCC(=O)NCC(=O)N1CCc2ccccc21. The number of carbonyl (C=O) groups excluding carboxylic acids is 2. The number of para-hydroxylation sites is 1. The molecule has 1 heterocycles. The summed E-state index contributed by atoms with van der Waals surface area (Å²) in [6, 6.07) is 7.91. The molecule has 5 heteroatoms. The third-order valence-corrected chi connectivity index (χ3v) is 3.46. The molecule has 0 bridgehead atoms. The van der Waals surface area contributed by atoms with Crippen LogP contribution in [0, 0.1) is 0 Å². The van der Waals surface area contributed by atoms with E-state index in [1.54, 1.807) is 4.90 Å². The summed E-state index contributed by atoms with van der Waals surface area (Å²) in [6.07, 6.45) is 2.12. The van der Waals surface area contributed by atoms with Crippen LogP contribution in [0.3, 0.4) is 0 Å². The van der Waals surface area contributed by atoms with Crippen molar-refractivity contribution in [3.05, 3.63) is 29.8 Å². The first kappa shape index (κ1) is 14.5. The highest BCUT2D eigenvalue weighted by Gasteiger charge is 2.23. The molecule has 2 rings (SSSR count). The minimum atomic E-state index is -0.0684. The zero-order valence-electron chi connectivity index (χ0n) is 11.8. The maximum Gasteiger partial charge on any atom is 0.246 e. The minimum absolute atomic E-state index is 0.0445. The van der Waals surface area contributed by atoms with Gasteiger partial charge in [0.25, 0.3) is 0 Å². The summed E-state index contributed by atoms with van der Waals surface area (Å²) in [7, 11) is 1.85. The third kappa shape index (κ3) is 3.57. The van der Waals surface area contributed by atoms with E-state index in [0.717, 1.165) is 25.1 Å². The lowest BCUT2D eigenvalue weighted by Crippen LogP contribution is -2.39. The molecule has 0 fully saturated rings. The van der Waals surface area contributed by atoms with Crippen molar-refractivity contribution in [2.45, 2.75) is 19.3 Å². The second kappa shape index (κ2) is 7.05. The van der Waals surface area contributed by atoms with E-state index in [1.807, 2.05) is 31.3 Å². The molecule has 1 aliphatic heterocycles. The highest BCUT2D eigenvalue weighted by Crippen LogP contribution is 2.27. The molecule has 108 valence electrons. The van der Waals surface area contributed by atoms with Gasteiger partial charge in [-0.15, -0.1) is 0 Å². The van der Waals surface area contributed by atoms with Crippen LogP contribution in [0.2, 0.25) is 0 Å². The molecule has 5 nitrogen and oxygen atoms in total. The van der Waals surface area contributed by atoms with Crippen molar-refractivity contribution in [2.75, 3.05) is 31.6 Å². The summed E-state index contributed by atoms with van der Waals surface area (Å²) in [5.41, 5.74) is 2.17. The first-order chi connectivity index (χ1) is 9.72. The Hall–Kier alpha value is -1.88. The second-order valence-corrected chi connectivity index (χ2v) is 4.91. The molecule has 0 atom stereocenters. The van der Waals surface area contributed by atoms with Gasteiger partial charge in [0.1, 0.15) is 0 Å². The number of carbonyl (C=O) groups is 2. The summed E-state index contributed by atoms with van der Waals surface area (Å²) in [6.45, 7) is 1.58. The van der Waals surface area contributed by atoms with E-state index in [2.05, 4.69) is 10.6 Å². The van der Waals surface area contributed by atoms with Crippen molar-refractivity contribution >= 4 is 17.5 Å². The van der Waals surface area contributed by atoms with Crippen LogP contribution >= 0.6 is 0 Å². The number of benzene rings is 1. The predicted octanol–water partition coefficient (Wildman–Crippen LogP) is 0.692. The summed E-state index contributed by atoms with van der Waals surface area (Å²) >= 11 is 0. The van der Waals surface area contributed by atoms with E-state index in [0.29, 0.717) is 13.0 Å². The summed E-state index contributed by atoms with van der Waals surface area (Å²) in [5, 5.41) is 5.68. The first-order valence-electron chi connectivity index (χ1n) is 7.02. The van der Waals surface area contributed by atoms with Gasteiger partial charge in [-0.25, -0.2) is 0 Å². The quantitative estimate of drug-likeness (QED) is 0.751. The van der Waals surface area contributed by atoms with Crippen LogP contribution < -0.4 is 15.5 Å². The summed E-state index contributed by atoms with van der Waals surface area (Å²) in [4.78, 5) is 25.5. The van der Waals surface area contributed by atoms with Gasteiger partial charge in [-0.3, -0.25) is 9.59 Å². The molecule has 1 aromatic rings. The molecule has 0 aliphatic carbocycles. The Kier molecular flexibility index (Phi) is 5.12. The van der Waals surface area contributed by atoms with Crippen LogP contribution in [-0.4, -0.2) is 38.5 Å². The maximum atomic E-state index is 12.1. The van der Waals surface area contributed by atoms with E-state index in [4.69, 9.17) is 0 Å². The van der Waals surface area contributed by atoms with Crippen LogP contribution in [0.1, 0.15) is 18.4 Å². The van der Waals surface area contributed by atoms with Crippen molar-refractivity contribution in [3.8, 4) is 0 Å². The predicted molar refractivity (Wildman–Crippen MR) is 78.7 cm³/mol. The Morgan fingerprint density at radius 2 is 2.10 bits per heavy atom. The summed E-state index contributed by atoms with van der Waals surface area (Å²) < 4.78 is 0. The smallest absolute Gasteiger partial charge is 0.246 e. The van der Waals surface area contributed by atoms with Gasteiger partial charge < -0.3 is 15.5 Å². The molecule has 2 N–H and O–H groups in total. The Labute approximate surface area is 119 Å². The van der Waals surface area contributed by atoms with Crippen LogP contribution in [-0.2, 0) is 16.0 Å². The van der Waals surface area contributed by atoms with Crippen LogP contribution in [0.5, 0.6) is 0 Å². The standard InChI is InChI=1S/C15H21N3O2/c1-16-9-4-7-14(19)17-11-15(20)18-10-8-12-5-2-3-6-13(12)18/h2-3,5-6,16H,4,7-11H2,1H3,(H,17,19). The van der Waals surface area contributed by atoms with Crippen molar-refractivity contribution in [2.24, 2.45) is 0 Å². The fourth-order valence-electron chi connectivity index (χ4n) is 2.38. The molecule has 0 saturated heterocycles. The topological polar surface area (TPSA) is 61.4 Å². The molecule has 0 saturated carbocycles. The Bertz CT molecular complexity index is 488. The van der Waals surface area contributed by atoms with Crippen molar-refractivity contribution in [3.63, 3.8) is 0 Å². The molecule has 1 aromatic carbocycles. The molecule has 0 spiro atoms. The number of hydrogen-bond donors (Lipinski definition) is 2. The zero-order valence-corrected chi connectivity index (χ0v) is 11.8. The molecule has 0 aromatic heterocycles. The minimum Gasteiger partial charge on any atom is -0.347 e. The average Bonchev–Trinajstić information content (AvgIpc) is 2.89. The van der Waals surface area contributed by atoms with Crippen LogP contribution in [0.15, 0.2) is 24.3 Å². The van der Waals surface area contributed by atoms with E-state index in [-0.39, 0.29) is 18.4 Å². The average molecular weight is 275 g/mol. The van der Waals surface area contributed by atoms with Crippen molar-refractivity contribution in [1.82, 2.24) is 10.6 Å². The second-order valence-electron chi connectivity index (χ2n) is 4.91. The molecule has 2 amide bonds. The van der Waals surface area contributed by atoms with E-state index in [1.165, 1.54) is 5.56 Å². The number of nitrogens with zero attached hydrogens (tertiary/aromatic N) is 1. The molecule has 0 unspecified atom stereocenters. The van der Waals surface area contributed by atoms with Gasteiger partial charge in [0.05, 0.1) is 6.54 Å². The number of rotatable bonds is 6. The highest BCUT2D eigenvalue weighted by molar-refractivity contribution is 5.98. The fourth-order valence-corrected chi connectivity index (χ4v) is 2.38. The van der Waals surface area contributed by atoms with Crippen LogP contribution in [0.4, 0.5) is 5.69 Å². The van der Waals surface area contributed by atoms with Gasteiger partial charge >= 0.3 is 0 Å². The molecular weight excluding hydrogens is 254 g/mol. The monoisotopic (exact) mass is 275 g/mol. The van der Waals surface area contributed by atoms with E-state index in [9.17, 15) is 9.59 Å². The van der Waals surface area contributed by atoms with Gasteiger partial charge in [0, 0.05) is 18.7 Å². The Morgan fingerprint density at radius 1 is 1.30 bits per heavy atom. The van der Waals surface area contributed by atoms with Gasteiger partial charge in [0.2, 0.25) is 11.8 Å². The van der Waals surface area contributed by atoms with E-state index < -0.39 is 0 Å². The van der Waals surface area contributed by atoms with Gasteiger partial charge in [0.15, 0.2) is 0 Å². The number of amides is 2. The zero-order chi connectivity index (χ0) is 14.4. The van der Waals surface area contributed by atoms with Crippen molar-refractivity contribution in [1.29, 1.82) is 0 Å². The lowest BCUT2D eigenvalue weighted by Gasteiger charge is -2.17. The molecular formula is C15H21N3O2. The number of anilines is 1. The molecule has 0 radical (unpaired) electrons. The lowest BCUT2D eigenvalue weighted by atomic mass is 10.2. The third-order valence-electron chi connectivity index (χ3n) is 3.46. The lowest BCUT2D eigenvalue weighted by molar-refractivity contribution is -0.125. The first-order valence-corrected chi connectivity index (χ1v) is 7.02. The largest absolute Gasteiger partial charge is 0.347 e. The van der Waals surface area contributed by atoms with Gasteiger partial charge in [-0.05, 0) is 38.1 Å². The summed E-state index contributed by atoms with van der Waals surface area (Å²) in [5.74, 6) is -0.113. The molecule has 20 heavy (non-hydrogen) atoms. The van der Waals surface area contributed by atoms with Crippen molar-refractivity contribution < 1.29 is 9.59 Å². The number of nitrogens with one attached hydrogen (secondary N) is 2. The highest BCUT2D eigenvalue weighted by atomic mass is 16.2. The number of fused-ring (bicyclic) bond motifs is 1. The molecule has 1 aliphatic rings. The van der Waals surface area contributed by atoms with Gasteiger partial charge in [-0.2, -0.15) is 0 Å². The number of hydrogen-bond acceptors (Lipinski definition) is 3. The normalized spacial score (nSPS) is 13.2. The van der Waals surface area contributed by atoms with E-state index >= 15 is 0 Å². The Morgan fingerprint density at radius 3 is 2.90 bits per heavy atom. The van der Waals surface area contributed by atoms with Gasteiger partial charge in [-0.1, -0.05) is 18.2 Å². The Balaban J connectivity index is 1.80. The fraction of sp³-hybridized carbons (Fsp3) is 0.467.